The Bertz CT molecular complexity index is 655. The highest BCUT2D eigenvalue weighted by Gasteiger charge is 2.21. The van der Waals surface area contributed by atoms with Gasteiger partial charge in [-0.05, 0) is 42.8 Å². The minimum Gasteiger partial charge on any atom is -0.508 e. The van der Waals surface area contributed by atoms with E-state index in [1.807, 2.05) is 19.1 Å². The topological polar surface area (TPSA) is 60.8 Å². The van der Waals surface area contributed by atoms with Gasteiger partial charge in [0, 0.05) is 12.1 Å². The molecule has 4 nitrogen and oxygen atoms in total. The molecule has 1 atom stereocenters. The molecule has 110 valence electrons. The van der Waals surface area contributed by atoms with Crippen LogP contribution < -0.4 is 0 Å². The summed E-state index contributed by atoms with van der Waals surface area (Å²) in [6.45, 7) is 1.88. The van der Waals surface area contributed by atoms with Gasteiger partial charge in [-0.2, -0.15) is 0 Å². The zero-order valence-electron chi connectivity index (χ0n) is 11.7. The number of hydrogen-bond acceptors (Lipinski definition) is 3. The fourth-order valence-electron chi connectivity index (χ4n) is 2.03. The molecule has 1 unspecified atom stereocenters. The van der Waals surface area contributed by atoms with Gasteiger partial charge in [0.05, 0.1) is 11.6 Å². The lowest BCUT2D eigenvalue weighted by Crippen LogP contribution is -2.29. The van der Waals surface area contributed by atoms with Crippen LogP contribution in [0.15, 0.2) is 42.5 Å². The van der Waals surface area contributed by atoms with Gasteiger partial charge in [0.2, 0.25) is 0 Å². The van der Waals surface area contributed by atoms with Crippen LogP contribution in [-0.2, 0) is 0 Å². The molecule has 0 saturated carbocycles. The number of carbonyl (C=O) groups is 1. The van der Waals surface area contributed by atoms with Crippen LogP contribution in [0.2, 0.25) is 5.02 Å². The number of hydrogen-bond donors (Lipinski definition) is 2. The molecule has 2 aromatic carbocycles. The Morgan fingerprint density at radius 1 is 1.14 bits per heavy atom. The van der Waals surface area contributed by atoms with Crippen LogP contribution in [0.3, 0.4) is 0 Å². The van der Waals surface area contributed by atoms with Crippen LogP contribution in [0.25, 0.3) is 0 Å². The monoisotopic (exact) mass is 305 g/mol. The summed E-state index contributed by atoms with van der Waals surface area (Å²) in [5, 5.41) is 19.9. The summed E-state index contributed by atoms with van der Waals surface area (Å²) in [5.74, 6) is -0.595. The van der Waals surface area contributed by atoms with E-state index in [-0.39, 0.29) is 29.0 Å². The van der Waals surface area contributed by atoms with Gasteiger partial charge in [0.15, 0.2) is 0 Å². The quantitative estimate of drug-likeness (QED) is 0.852. The molecule has 0 aromatic heterocycles. The standard InChI is InChI=1S/C16H16ClNO3/c1-10(11-3-5-12(17)6-4-11)18(2)16(21)14-9-13(19)7-8-15(14)20/h3-10,19-20H,1-2H3. The van der Waals surface area contributed by atoms with Gasteiger partial charge in [0.25, 0.3) is 5.91 Å². The molecule has 2 aromatic rings. The van der Waals surface area contributed by atoms with E-state index in [0.717, 1.165) is 5.56 Å². The number of rotatable bonds is 3. The van der Waals surface area contributed by atoms with E-state index in [1.165, 1.54) is 23.1 Å². The van der Waals surface area contributed by atoms with Crippen LogP contribution >= 0.6 is 11.6 Å². The Kier molecular flexibility index (Phi) is 4.38. The normalized spacial score (nSPS) is 12.0. The van der Waals surface area contributed by atoms with E-state index >= 15 is 0 Å². The van der Waals surface area contributed by atoms with Crippen molar-refractivity contribution < 1.29 is 15.0 Å². The molecule has 0 fully saturated rings. The van der Waals surface area contributed by atoms with Gasteiger partial charge < -0.3 is 15.1 Å². The van der Waals surface area contributed by atoms with E-state index in [0.29, 0.717) is 5.02 Å². The average molecular weight is 306 g/mol. The number of halogens is 1. The van der Waals surface area contributed by atoms with Crippen molar-refractivity contribution >= 4 is 17.5 Å². The lowest BCUT2D eigenvalue weighted by Gasteiger charge is -2.25. The van der Waals surface area contributed by atoms with Crippen LogP contribution in [-0.4, -0.2) is 28.1 Å². The SMILES string of the molecule is CC(c1ccc(Cl)cc1)N(C)C(=O)c1cc(O)ccc1O. The Morgan fingerprint density at radius 3 is 2.38 bits per heavy atom. The van der Waals surface area contributed by atoms with Gasteiger partial charge in [0.1, 0.15) is 11.5 Å². The van der Waals surface area contributed by atoms with Gasteiger partial charge in [-0.3, -0.25) is 4.79 Å². The number of aromatic hydroxyl groups is 2. The minimum atomic E-state index is -0.370. The number of nitrogens with zero attached hydrogens (tertiary/aromatic N) is 1. The molecular formula is C16H16ClNO3. The summed E-state index contributed by atoms with van der Waals surface area (Å²) in [6, 6.07) is 10.9. The second-order valence-corrected chi connectivity index (χ2v) is 5.28. The Labute approximate surface area is 128 Å². The average Bonchev–Trinajstić information content (AvgIpc) is 2.48. The highest BCUT2D eigenvalue weighted by atomic mass is 35.5. The first-order valence-electron chi connectivity index (χ1n) is 6.44. The summed E-state index contributed by atoms with van der Waals surface area (Å²) in [4.78, 5) is 13.9. The predicted molar refractivity (Wildman–Crippen MR) is 81.7 cm³/mol. The van der Waals surface area contributed by atoms with Gasteiger partial charge in [-0.15, -0.1) is 0 Å². The molecule has 1 amide bonds. The first-order chi connectivity index (χ1) is 9.90. The molecule has 5 heteroatoms. The van der Waals surface area contributed by atoms with Gasteiger partial charge >= 0.3 is 0 Å². The number of benzene rings is 2. The fourth-order valence-corrected chi connectivity index (χ4v) is 2.15. The van der Waals surface area contributed by atoms with Crippen LogP contribution in [0.5, 0.6) is 11.5 Å². The van der Waals surface area contributed by atoms with Crippen molar-refractivity contribution in [2.45, 2.75) is 13.0 Å². The lowest BCUT2D eigenvalue weighted by molar-refractivity contribution is 0.0739. The Balaban J connectivity index is 2.26. The molecule has 21 heavy (non-hydrogen) atoms. The molecular weight excluding hydrogens is 290 g/mol. The van der Waals surface area contributed by atoms with E-state index in [2.05, 4.69) is 0 Å². The maximum absolute atomic E-state index is 12.4. The van der Waals surface area contributed by atoms with Crippen molar-refractivity contribution in [3.8, 4) is 11.5 Å². The molecule has 0 heterocycles. The molecule has 0 radical (unpaired) electrons. The zero-order valence-corrected chi connectivity index (χ0v) is 12.5. The van der Waals surface area contributed by atoms with E-state index in [9.17, 15) is 15.0 Å². The first-order valence-corrected chi connectivity index (χ1v) is 6.82. The third kappa shape index (κ3) is 3.28. The summed E-state index contributed by atoms with van der Waals surface area (Å²) in [6.07, 6.45) is 0. The number of amides is 1. The molecule has 0 spiro atoms. The largest absolute Gasteiger partial charge is 0.508 e. The van der Waals surface area contributed by atoms with Crippen molar-refractivity contribution in [1.29, 1.82) is 0 Å². The van der Waals surface area contributed by atoms with Gasteiger partial charge in [-0.1, -0.05) is 23.7 Å². The highest BCUT2D eigenvalue weighted by molar-refractivity contribution is 6.30. The fraction of sp³-hybridized carbons (Fsp3) is 0.188. The Hall–Kier alpha value is -2.20. The lowest BCUT2D eigenvalue weighted by atomic mass is 10.1. The maximum Gasteiger partial charge on any atom is 0.257 e. The van der Waals surface area contributed by atoms with E-state index < -0.39 is 0 Å². The third-order valence-electron chi connectivity index (χ3n) is 3.46. The Morgan fingerprint density at radius 2 is 1.76 bits per heavy atom. The van der Waals surface area contributed by atoms with Crippen molar-refractivity contribution in [1.82, 2.24) is 4.90 Å². The third-order valence-corrected chi connectivity index (χ3v) is 3.72. The van der Waals surface area contributed by atoms with Crippen molar-refractivity contribution in [2.75, 3.05) is 7.05 Å². The summed E-state index contributed by atoms with van der Waals surface area (Å²) < 4.78 is 0. The smallest absolute Gasteiger partial charge is 0.257 e. The molecule has 0 aliphatic heterocycles. The number of phenols is 2. The zero-order chi connectivity index (χ0) is 15.6. The molecule has 2 rings (SSSR count). The molecule has 0 bridgehead atoms. The van der Waals surface area contributed by atoms with Crippen molar-refractivity contribution in [3.05, 3.63) is 58.6 Å². The second kappa shape index (κ2) is 6.06. The van der Waals surface area contributed by atoms with E-state index in [1.54, 1.807) is 19.2 Å². The summed E-state index contributed by atoms with van der Waals surface area (Å²) >= 11 is 5.85. The molecule has 0 aliphatic rings. The van der Waals surface area contributed by atoms with Gasteiger partial charge in [-0.25, -0.2) is 0 Å². The van der Waals surface area contributed by atoms with Crippen LogP contribution in [0.4, 0.5) is 0 Å². The first kappa shape index (κ1) is 15.2. The molecule has 0 aliphatic carbocycles. The number of carbonyl (C=O) groups excluding carboxylic acids is 1. The van der Waals surface area contributed by atoms with Crippen LogP contribution in [0, 0.1) is 0 Å². The summed E-state index contributed by atoms with van der Waals surface area (Å²) in [5.41, 5.74) is 0.994. The summed E-state index contributed by atoms with van der Waals surface area (Å²) in [7, 11) is 1.64. The second-order valence-electron chi connectivity index (χ2n) is 4.85. The van der Waals surface area contributed by atoms with Crippen molar-refractivity contribution in [2.24, 2.45) is 0 Å². The number of phenolic OH excluding ortho intramolecular Hbond substituents is 2. The highest BCUT2D eigenvalue weighted by Crippen LogP contribution is 2.27. The van der Waals surface area contributed by atoms with Crippen molar-refractivity contribution in [3.63, 3.8) is 0 Å². The maximum atomic E-state index is 12.4. The molecule has 2 N–H and O–H groups in total. The van der Waals surface area contributed by atoms with Crippen LogP contribution in [0.1, 0.15) is 28.9 Å². The molecule has 0 saturated heterocycles. The van der Waals surface area contributed by atoms with E-state index in [4.69, 9.17) is 11.6 Å². The minimum absolute atomic E-state index is 0.0660. The predicted octanol–water partition coefficient (Wildman–Crippen LogP) is 3.58.